The summed E-state index contributed by atoms with van der Waals surface area (Å²) in [5, 5.41) is 7.70. The molecule has 1 unspecified atom stereocenters. The normalized spacial score (nSPS) is 18.2. The van der Waals surface area contributed by atoms with E-state index < -0.39 is 0 Å². The van der Waals surface area contributed by atoms with Crippen molar-refractivity contribution in [3.05, 3.63) is 46.8 Å². The molecule has 176 valence electrons. The third kappa shape index (κ3) is 5.26. The van der Waals surface area contributed by atoms with Crippen LogP contribution in [0, 0.1) is 19.8 Å². The molecular weight excluding hydrogens is 420 g/mol. The maximum absolute atomic E-state index is 13.1. The number of carbonyl (C=O) groups excluding carboxylic acids is 3. The Morgan fingerprint density at radius 1 is 1.12 bits per heavy atom. The molecule has 2 amide bonds. The number of nitrogens with one attached hydrogen (secondary N) is 1. The van der Waals surface area contributed by atoms with Crippen molar-refractivity contribution in [2.75, 3.05) is 20.2 Å². The molecule has 1 aromatic carbocycles. The van der Waals surface area contributed by atoms with Crippen LogP contribution in [0.15, 0.2) is 24.3 Å². The maximum atomic E-state index is 13.1. The van der Waals surface area contributed by atoms with Crippen molar-refractivity contribution in [2.24, 2.45) is 5.92 Å². The van der Waals surface area contributed by atoms with Crippen LogP contribution in [-0.2, 0) is 20.7 Å². The van der Waals surface area contributed by atoms with Gasteiger partial charge in [0.25, 0.3) is 5.91 Å². The number of ether oxygens (including phenoxy) is 1. The number of hydrogen-bond donors (Lipinski definition) is 1. The second kappa shape index (κ2) is 9.77. The molecule has 2 aliphatic rings. The van der Waals surface area contributed by atoms with E-state index in [-0.39, 0.29) is 23.7 Å². The lowest BCUT2D eigenvalue weighted by Crippen LogP contribution is -2.45. The average Bonchev–Trinajstić information content (AvgIpc) is 3.61. The number of aryl methyl sites for hydroxylation is 1. The summed E-state index contributed by atoms with van der Waals surface area (Å²) in [6, 6.07) is 7.74. The summed E-state index contributed by atoms with van der Waals surface area (Å²) < 4.78 is 6.59. The maximum Gasteiger partial charge on any atom is 0.305 e. The van der Waals surface area contributed by atoms with Gasteiger partial charge >= 0.3 is 5.97 Å². The van der Waals surface area contributed by atoms with Crippen LogP contribution >= 0.6 is 0 Å². The van der Waals surface area contributed by atoms with Crippen molar-refractivity contribution in [2.45, 2.75) is 58.4 Å². The second-order valence-corrected chi connectivity index (χ2v) is 9.06. The molecule has 1 aliphatic heterocycles. The van der Waals surface area contributed by atoms with Crippen molar-refractivity contribution in [3.63, 3.8) is 0 Å². The first kappa shape index (κ1) is 23.0. The summed E-state index contributed by atoms with van der Waals surface area (Å²) in [6.07, 6.45) is 4.69. The largest absolute Gasteiger partial charge is 0.469 e. The lowest BCUT2D eigenvalue weighted by atomic mass is 9.96. The minimum Gasteiger partial charge on any atom is -0.469 e. The number of benzene rings is 1. The van der Waals surface area contributed by atoms with Crippen molar-refractivity contribution in [3.8, 4) is 5.69 Å². The smallest absolute Gasteiger partial charge is 0.305 e. The first-order valence-electron chi connectivity index (χ1n) is 11.7. The van der Waals surface area contributed by atoms with Gasteiger partial charge in [0.05, 0.1) is 24.4 Å². The first-order valence-corrected chi connectivity index (χ1v) is 11.7. The highest BCUT2D eigenvalue weighted by Crippen LogP contribution is 2.24. The Morgan fingerprint density at radius 3 is 2.52 bits per heavy atom. The van der Waals surface area contributed by atoms with E-state index in [1.54, 1.807) is 4.90 Å². The molecule has 0 radical (unpaired) electrons. The van der Waals surface area contributed by atoms with Gasteiger partial charge in [-0.3, -0.25) is 14.4 Å². The van der Waals surface area contributed by atoms with Gasteiger partial charge in [-0.15, -0.1) is 0 Å². The molecule has 33 heavy (non-hydrogen) atoms. The molecule has 0 bridgehead atoms. The summed E-state index contributed by atoms with van der Waals surface area (Å²) in [5.41, 5.74) is 4.34. The number of amides is 2. The number of piperidine rings is 1. The molecule has 1 N–H and O–H groups in total. The fourth-order valence-electron chi connectivity index (χ4n) is 4.47. The summed E-state index contributed by atoms with van der Waals surface area (Å²) in [7, 11) is 1.39. The lowest BCUT2D eigenvalue weighted by Gasteiger charge is -2.32. The van der Waals surface area contributed by atoms with Gasteiger partial charge in [0.2, 0.25) is 5.91 Å². The topological polar surface area (TPSA) is 93.5 Å². The van der Waals surface area contributed by atoms with Crippen LogP contribution in [0.2, 0.25) is 0 Å². The average molecular weight is 453 g/mol. The fourth-order valence-corrected chi connectivity index (χ4v) is 4.47. The van der Waals surface area contributed by atoms with Crippen LogP contribution in [0.5, 0.6) is 0 Å². The van der Waals surface area contributed by atoms with Crippen LogP contribution in [0.4, 0.5) is 0 Å². The minimum absolute atomic E-state index is 0.0439. The van der Waals surface area contributed by atoms with Gasteiger partial charge in [0.15, 0.2) is 0 Å². The molecule has 1 aromatic heterocycles. The molecule has 2 fully saturated rings. The van der Waals surface area contributed by atoms with E-state index in [9.17, 15) is 14.4 Å². The highest BCUT2D eigenvalue weighted by atomic mass is 16.5. The Kier molecular flexibility index (Phi) is 6.81. The molecule has 2 aromatic rings. The molecular formula is C25H32N4O4. The Labute approximate surface area is 194 Å². The molecule has 1 atom stereocenters. The summed E-state index contributed by atoms with van der Waals surface area (Å²) >= 11 is 0. The zero-order valence-electron chi connectivity index (χ0n) is 19.6. The molecule has 1 saturated heterocycles. The standard InChI is InChI=1S/C25H32N4O4/c1-16-22(12-13-23(30)33-3)17(2)29(27-16)21-10-6-18(7-11-21)25(32)28-14-4-5-19(15-28)24(31)26-20-8-9-20/h6-7,10-11,19-20H,4-5,8-9,12-15H2,1-3H3,(H,26,31). The molecule has 0 spiro atoms. The lowest BCUT2D eigenvalue weighted by molar-refractivity contribution is -0.140. The van der Waals surface area contributed by atoms with Crippen molar-refractivity contribution in [1.29, 1.82) is 0 Å². The van der Waals surface area contributed by atoms with E-state index in [1.165, 1.54) is 7.11 Å². The number of carbonyl (C=O) groups is 3. The quantitative estimate of drug-likeness (QED) is 0.652. The highest BCUT2D eigenvalue weighted by Gasteiger charge is 2.32. The van der Waals surface area contributed by atoms with Gasteiger partial charge in [-0.1, -0.05) is 0 Å². The molecule has 4 rings (SSSR count). The molecule has 1 aliphatic carbocycles. The predicted molar refractivity (Wildman–Crippen MR) is 123 cm³/mol. The third-order valence-electron chi connectivity index (χ3n) is 6.61. The van der Waals surface area contributed by atoms with E-state index in [4.69, 9.17) is 4.74 Å². The van der Waals surface area contributed by atoms with E-state index >= 15 is 0 Å². The Morgan fingerprint density at radius 2 is 1.85 bits per heavy atom. The number of hydrogen-bond acceptors (Lipinski definition) is 5. The second-order valence-electron chi connectivity index (χ2n) is 9.06. The van der Waals surface area contributed by atoms with Gasteiger partial charge in [0, 0.05) is 36.8 Å². The Bertz CT molecular complexity index is 1040. The van der Waals surface area contributed by atoms with E-state index in [0.717, 1.165) is 48.3 Å². The number of likely N-dealkylation sites (tertiary alicyclic amines) is 1. The predicted octanol–water partition coefficient (Wildman–Crippen LogP) is 2.73. The first-order chi connectivity index (χ1) is 15.9. The number of nitrogens with zero attached hydrogens (tertiary/aromatic N) is 3. The van der Waals surface area contributed by atoms with E-state index in [1.807, 2.05) is 42.8 Å². The number of rotatable bonds is 7. The van der Waals surface area contributed by atoms with Crippen molar-refractivity contribution in [1.82, 2.24) is 20.0 Å². The Hall–Kier alpha value is -3.16. The summed E-state index contributed by atoms with van der Waals surface area (Å²) in [4.78, 5) is 38.8. The molecule has 2 heterocycles. The number of aromatic nitrogens is 2. The zero-order chi connectivity index (χ0) is 23.5. The third-order valence-corrected chi connectivity index (χ3v) is 6.61. The van der Waals surface area contributed by atoms with Gasteiger partial charge in [0.1, 0.15) is 0 Å². The molecule has 8 nitrogen and oxygen atoms in total. The fraction of sp³-hybridized carbons (Fsp3) is 0.520. The van der Waals surface area contributed by atoms with Crippen molar-refractivity contribution < 1.29 is 19.1 Å². The van der Waals surface area contributed by atoms with Crippen LogP contribution in [0.1, 0.15) is 59.4 Å². The van der Waals surface area contributed by atoms with Gasteiger partial charge in [-0.2, -0.15) is 5.10 Å². The van der Waals surface area contributed by atoms with Crippen LogP contribution in [-0.4, -0.2) is 58.7 Å². The summed E-state index contributed by atoms with van der Waals surface area (Å²) in [5.74, 6) is -0.328. The number of methoxy groups -OCH3 is 1. The van der Waals surface area contributed by atoms with Gasteiger partial charge in [-0.25, -0.2) is 4.68 Å². The molecule has 1 saturated carbocycles. The van der Waals surface area contributed by atoms with Crippen LogP contribution in [0.3, 0.4) is 0 Å². The van der Waals surface area contributed by atoms with Crippen LogP contribution in [0.25, 0.3) is 5.69 Å². The van der Waals surface area contributed by atoms with Gasteiger partial charge < -0.3 is 15.0 Å². The van der Waals surface area contributed by atoms with E-state index in [2.05, 4.69) is 10.4 Å². The van der Waals surface area contributed by atoms with Crippen molar-refractivity contribution >= 4 is 17.8 Å². The summed E-state index contributed by atoms with van der Waals surface area (Å²) in [6.45, 7) is 5.06. The van der Waals surface area contributed by atoms with E-state index in [0.29, 0.717) is 37.5 Å². The monoisotopic (exact) mass is 452 g/mol. The van der Waals surface area contributed by atoms with Gasteiger partial charge in [-0.05, 0) is 75.8 Å². The zero-order valence-corrected chi connectivity index (χ0v) is 19.6. The number of esters is 1. The molecule has 8 heteroatoms. The highest BCUT2D eigenvalue weighted by molar-refractivity contribution is 5.95. The Balaban J connectivity index is 1.43. The minimum atomic E-state index is -0.241. The SMILES string of the molecule is COC(=O)CCc1c(C)nn(-c2ccc(C(=O)N3CCCC(C(=O)NC4CC4)C3)cc2)c1C. The van der Waals surface area contributed by atoms with Crippen LogP contribution < -0.4 is 5.32 Å².